The summed E-state index contributed by atoms with van der Waals surface area (Å²) in [5.41, 5.74) is 0.357. The lowest BCUT2D eigenvalue weighted by Crippen LogP contribution is -2.22. The molecular formula is C11H9BrF2O3. The second-order valence-corrected chi connectivity index (χ2v) is 4.34. The Bertz CT molecular complexity index is 466. The second kappa shape index (κ2) is 4.91. The van der Waals surface area contributed by atoms with Gasteiger partial charge in [0.2, 0.25) is 5.78 Å². The minimum Gasteiger partial charge on any atom is -0.465 e. The number of alkyl halides is 3. The van der Waals surface area contributed by atoms with Crippen LogP contribution in [0.1, 0.15) is 26.3 Å². The zero-order valence-electron chi connectivity index (χ0n) is 9.09. The fourth-order valence-corrected chi connectivity index (χ4v) is 1.53. The SMILES string of the molecule is COC(=O)c1ccc(C(=O)C(F)(F)Br)c(C)c1. The molecule has 1 rings (SSSR count). The predicted octanol–water partition coefficient (Wildman–Crippen LogP) is 2.95. The molecule has 0 atom stereocenters. The first-order chi connectivity index (χ1) is 7.77. The lowest BCUT2D eigenvalue weighted by molar-refractivity contribution is 0.0586. The molecule has 0 bridgehead atoms. The fraction of sp³-hybridized carbons (Fsp3) is 0.273. The molecule has 0 spiro atoms. The summed E-state index contributed by atoms with van der Waals surface area (Å²) in [4.78, 5) is 18.9. The highest BCUT2D eigenvalue weighted by Gasteiger charge is 2.36. The summed E-state index contributed by atoms with van der Waals surface area (Å²) in [5.74, 6) is -1.93. The third-order valence-corrected chi connectivity index (χ3v) is 2.51. The van der Waals surface area contributed by atoms with E-state index in [1.807, 2.05) is 15.9 Å². The number of ketones is 1. The molecule has 0 saturated heterocycles. The van der Waals surface area contributed by atoms with Gasteiger partial charge in [0.1, 0.15) is 0 Å². The van der Waals surface area contributed by atoms with Crippen molar-refractivity contribution in [1.82, 2.24) is 0 Å². The molecule has 0 amide bonds. The van der Waals surface area contributed by atoms with Crippen LogP contribution in [0.15, 0.2) is 18.2 Å². The van der Waals surface area contributed by atoms with E-state index in [2.05, 4.69) is 4.74 Å². The van der Waals surface area contributed by atoms with Crippen LogP contribution in [0.5, 0.6) is 0 Å². The zero-order valence-corrected chi connectivity index (χ0v) is 10.7. The molecule has 0 N–H and O–H groups in total. The Kier molecular flexibility index (Phi) is 3.98. The van der Waals surface area contributed by atoms with E-state index in [0.717, 1.165) is 0 Å². The van der Waals surface area contributed by atoms with Gasteiger partial charge in [0.25, 0.3) is 0 Å². The van der Waals surface area contributed by atoms with E-state index < -0.39 is 16.6 Å². The van der Waals surface area contributed by atoms with Crippen molar-refractivity contribution in [3.8, 4) is 0 Å². The number of halogens is 3. The number of rotatable bonds is 3. The number of hydrogen-bond donors (Lipinski definition) is 0. The molecule has 0 saturated carbocycles. The lowest BCUT2D eigenvalue weighted by atomic mass is 10.0. The summed E-state index contributed by atoms with van der Waals surface area (Å²) in [6.07, 6.45) is 0. The standard InChI is InChI=1S/C11H9BrF2O3/c1-6-5-7(10(16)17-2)3-4-8(6)9(15)11(12,13)14/h3-5H,1-2H3. The lowest BCUT2D eigenvalue weighted by Gasteiger charge is -2.10. The van der Waals surface area contributed by atoms with Crippen molar-refractivity contribution in [3.63, 3.8) is 0 Å². The number of methoxy groups -OCH3 is 1. The molecule has 0 heterocycles. The van der Waals surface area contributed by atoms with Crippen LogP contribution in [-0.2, 0) is 4.74 Å². The number of ether oxygens (including phenoxy) is 1. The molecule has 0 radical (unpaired) electrons. The van der Waals surface area contributed by atoms with Gasteiger partial charge in [0.05, 0.1) is 12.7 Å². The zero-order chi connectivity index (χ0) is 13.2. The molecule has 1 aromatic carbocycles. The van der Waals surface area contributed by atoms with Gasteiger partial charge in [-0.05, 0) is 40.5 Å². The van der Waals surface area contributed by atoms with E-state index in [4.69, 9.17) is 0 Å². The van der Waals surface area contributed by atoms with Gasteiger partial charge >= 0.3 is 10.8 Å². The first-order valence-electron chi connectivity index (χ1n) is 4.58. The Balaban J connectivity index is 3.15. The summed E-state index contributed by atoms with van der Waals surface area (Å²) in [6.45, 7) is 1.47. The van der Waals surface area contributed by atoms with E-state index in [1.54, 1.807) is 0 Å². The minimum atomic E-state index is -3.61. The number of esters is 1. The summed E-state index contributed by atoms with van der Waals surface area (Å²) in [7, 11) is 1.21. The van der Waals surface area contributed by atoms with E-state index in [0.29, 0.717) is 0 Å². The van der Waals surface area contributed by atoms with Crippen LogP contribution in [-0.4, -0.2) is 23.7 Å². The Morgan fingerprint density at radius 3 is 2.35 bits per heavy atom. The van der Waals surface area contributed by atoms with Crippen molar-refractivity contribution < 1.29 is 23.1 Å². The number of carbonyl (C=O) groups excluding carboxylic acids is 2. The van der Waals surface area contributed by atoms with Crippen molar-refractivity contribution in [2.75, 3.05) is 7.11 Å². The fourth-order valence-electron chi connectivity index (χ4n) is 1.32. The molecule has 0 aliphatic carbocycles. The molecule has 0 aliphatic heterocycles. The first kappa shape index (κ1) is 13.8. The average Bonchev–Trinajstić information content (AvgIpc) is 2.25. The normalized spacial score (nSPS) is 11.1. The van der Waals surface area contributed by atoms with Crippen molar-refractivity contribution in [1.29, 1.82) is 0 Å². The topological polar surface area (TPSA) is 43.4 Å². The number of benzene rings is 1. The molecule has 0 fully saturated rings. The molecule has 0 aromatic heterocycles. The predicted molar refractivity (Wildman–Crippen MR) is 60.7 cm³/mol. The summed E-state index contributed by atoms with van der Waals surface area (Å²) < 4.78 is 30.0. The van der Waals surface area contributed by atoms with Crippen LogP contribution in [0.3, 0.4) is 0 Å². The molecular weight excluding hydrogens is 298 g/mol. The van der Waals surface area contributed by atoms with Crippen molar-refractivity contribution in [2.45, 2.75) is 11.8 Å². The highest BCUT2D eigenvalue weighted by Crippen LogP contribution is 2.28. The highest BCUT2D eigenvalue weighted by atomic mass is 79.9. The maximum atomic E-state index is 12.8. The van der Waals surface area contributed by atoms with Gasteiger partial charge < -0.3 is 4.74 Å². The Hall–Kier alpha value is -1.30. The molecule has 0 aliphatic rings. The summed E-state index contributed by atoms with van der Waals surface area (Å²) in [6, 6.07) is 3.78. The van der Waals surface area contributed by atoms with Crippen LogP contribution in [0.25, 0.3) is 0 Å². The number of aryl methyl sites for hydroxylation is 1. The van der Waals surface area contributed by atoms with Crippen molar-refractivity contribution in [2.24, 2.45) is 0 Å². The Morgan fingerprint density at radius 2 is 1.94 bits per heavy atom. The average molecular weight is 307 g/mol. The number of carbonyl (C=O) groups is 2. The van der Waals surface area contributed by atoms with E-state index in [1.165, 1.54) is 32.2 Å². The molecule has 6 heteroatoms. The molecule has 17 heavy (non-hydrogen) atoms. The first-order valence-corrected chi connectivity index (χ1v) is 5.37. The summed E-state index contributed by atoms with van der Waals surface area (Å²) >= 11 is 2.00. The smallest absolute Gasteiger partial charge is 0.363 e. The maximum Gasteiger partial charge on any atom is 0.363 e. The van der Waals surface area contributed by atoms with Crippen LogP contribution < -0.4 is 0 Å². The maximum absolute atomic E-state index is 12.8. The van der Waals surface area contributed by atoms with Gasteiger partial charge in [-0.3, -0.25) is 4.79 Å². The third kappa shape index (κ3) is 3.09. The Morgan fingerprint density at radius 1 is 1.35 bits per heavy atom. The van der Waals surface area contributed by atoms with Crippen molar-refractivity contribution in [3.05, 3.63) is 34.9 Å². The highest BCUT2D eigenvalue weighted by molar-refractivity contribution is 9.10. The minimum absolute atomic E-state index is 0.139. The van der Waals surface area contributed by atoms with E-state index >= 15 is 0 Å². The monoisotopic (exact) mass is 306 g/mol. The van der Waals surface area contributed by atoms with Crippen LogP contribution >= 0.6 is 15.9 Å². The van der Waals surface area contributed by atoms with Gasteiger partial charge in [-0.1, -0.05) is 6.07 Å². The van der Waals surface area contributed by atoms with Crippen LogP contribution in [0, 0.1) is 6.92 Å². The molecule has 92 valence electrons. The molecule has 0 unspecified atom stereocenters. The second-order valence-electron chi connectivity index (χ2n) is 3.35. The van der Waals surface area contributed by atoms with Gasteiger partial charge in [-0.25, -0.2) is 4.79 Å². The summed E-state index contributed by atoms with van der Waals surface area (Å²) in [5, 5.41) is 0. The third-order valence-electron chi connectivity index (χ3n) is 2.15. The quantitative estimate of drug-likeness (QED) is 0.490. The van der Waals surface area contributed by atoms with E-state index in [-0.39, 0.29) is 16.7 Å². The van der Waals surface area contributed by atoms with Gasteiger partial charge in [0.15, 0.2) is 0 Å². The number of Topliss-reactive ketones (excluding diaryl/α,β-unsaturated/α-hetero) is 1. The largest absolute Gasteiger partial charge is 0.465 e. The van der Waals surface area contributed by atoms with Crippen molar-refractivity contribution >= 4 is 27.7 Å². The van der Waals surface area contributed by atoms with Gasteiger partial charge in [-0.15, -0.1) is 0 Å². The number of hydrogen-bond acceptors (Lipinski definition) is 3. The van der Waals surface area contributed by atoms with Gasteiger partial charge in [-0.2, -0.15) is 8.78 Å². The molecule has 3 nitrogen and oxygen atoms in total. The van der Waals surface area contributed by atoms with Gasteiger partial charge in [0, 0.05) is 5.56 Å². The van der Waals surface area contributed by atoms with Crippen LogP contribution in [0.2, 0.25) is 0 Å². The molecule has 1 aromatic rings. The van der Waals surface area contributed by atoms with Crippen LogP contribution in [0.4, 0.5) is 8.78 Å². The van der Waals surface area contributed by atoms with E-state index in [9.17, 15) is 18.4 Å². The Labute approximate surface area is 105 Å².